The van der Waals surface area contributed by atoms with Crippen molar-refractivity contribution in [3.05, 3.63) is 0 Å². The highest BCUT2D eigenvalue weighted by atomic mass is 32.2. The molecule has 7 heteroatoms. The fourth-order valence-electron chi connectivity index (χ4n) is 2.86. The molecule has 0 aromatic rings. The van der Waals surface area contributed by atoms with Crippen molar-refractivity contribution in [1.82, 2.24) is 13.9 Å². The topological polar surface area (TPSA) is 61.9 Å². The van der Waals surface area contributed by atoms with Gasteiger partial charge in [-0.05, 0) is 26.8 Å². The Balaban J connectivity index is 2.11. The average molecular weight is 291 g/mol. The van der Waals surface area contributed by atoms with Gasteiger partial charge in [0.1, 0.15) is 0 Å². The molecule has 0 amide bonds. The molecule has 0 aliphatic carbocycles. The van der Waals surface area contributed by atoms with E-state index in [4.69, 9.17) is 4.74 Å². The van der Waals surface area contributed by atoms with Crippen LogP contribution < -0.4 is 5.32 Å². The van der Waals surface area contributed by atoms with Gasteiger partial charge in [0.25, 0.3) is 10.2 Å². The molecule has 0 aromatic carbocycles. The van der Waals surface area contributed by atoms with Crippen LogP contribution in [0.1, 0.15) is 26.2 Å². The number of piperidine rings is 1. The van der Waals surface area contributed by atoms with Crippen LogP contribution in [0, 0.1) is 0 Å². The number of hydrogen-bond acceptors (Lipinski definition) is 4. The van der Waals surface area contributed by atoms with Gasteiger partial charge in [0.15, 0.2) is 0 Å². The van der Waals surface area contributed by atoms with Gasteiger partial charge in [-0.15, -0.1) is 0 Å². The van der Waals surface area contributed by atoms with Crippen molar-refractivity contribution in [1.29, 1.82) is 0 Å². The summed E-state index contributed by atoms with van der Waals surface area (Å²) >= 11 is 0. The predicted molar refractivity (Wildman–Crippen MR) is 74.2 cm³/mol. The normalized spacial score (nSPS) is 31.5. The van der Waals surface area contributed by atoms with Gasteiger partial charge >= 0.3 is 0 Å². The second kappa shape index (κ2) is 6.49. The van der Waals surface area contributed by atoms with Crippen LogP contribution in [0.25, 0.3) is 0 Å². The highest BCUT2D eigenvalue weighted by Gasteiger charge is 2.37. The van der Waals surface area contributed by atoms with Gasteiger partial charge in [0.05, 0.1) is 12.7 Å². The predicted octanol–water partition coefficient (Wildman–Crippen LogP) is 0.0258. The fourth-order valence-corrected chi connectivity index (χ4v) is 4.78. The van der Waals surface area contributed by atoms with Crippen LogP contribution in [0.4, 0.5) is 0 Å². The Morgan fingerprint density at radius 2 is 2.11 bits per heavy atom. The van der Waals surface area contributed by atoms with Gasteiger partial charge in [-0.25, -0.2) is 0 Å². The number of nitrogens with one attached hydrogen (secondary N) is 1. The van der Waals surface area contributed by atoms with E-state index in [1.807, 2.05) is 14.0 Å². The molecule has 112 valence electrons. The summed E-state index contributed by atoms with van der Waals surface area (Å²) < 4.78 is 34.2. The maximum atomic E-state index is 12.7. The van der Waals surface area contributed by atoms with Gasteiger partial charge in [-0.3, -0.25) is 0 Å². The van der Waals surface area contributed by atoms with E-state index in [-0.39, 0.29) is 12.1 Å². The molecule has 0 spiro atoms. The molecule has 0 radical (unpaired) electrons. The number of nitrogens with zero attached hydrogens (tertiary/aromatic N) is 2. The van der Waals surface area contributed by atoms with Crippen molar-refractivity contribution in [2.75, 3.05) is 39.8 Å². The number of morpholine rings is 1. The summed E-state index contributed by atoms with van der Waals surface area (Å²) in [5.41, 5.74) is 0. The molecule has 0 bridgehead atoms. The van der Waals surface area contributed by atoms with Gasteiger partial charge in [-0.1, -0.05) is 6.42 Å². The summed E-state index contributed by atoms with van der Waals surface area (Å²) in [5.74, 6) is 0. The lowest BCUT2D eigenvalue weighted by Gasteiger charge is -2.40. The third kappa shape index (κ3) is 3.46. The molecular weight excluding hydrogens is 266 g/mol. The van der Waals surface area contributed by atoms with Crippen molar-refractivity contribution in [3.8, 4) is 0 Å². The lowest BCUT2D eigenvalue weighted by molar-refractivity contribution is 0.00736. The molecule has 2 heterocycles. The molecular formula is C12H25N3O3S. The second-order valence-corrected chi connectivity index (χ2v) is 7.25. The molecule has 2 saturated heterocycles. The molecule has 1 N–H and O–H groups in total. The first kappa shape index (κ1) is 15.2. The largest absolute Gasteiger partial charge is 0.376 e. The monoisotopic (exact) mass is 291 g/mol. The van der Waals surface area contributed by atoms with E-state index in [1.165, 1.54) is 0 Å². The fraction of sp³-hybridized carbons (Fsp3) is 1.00. The lowest BCUT2D eigenvalue weighted by atomic mass is 10.1. The van der Waals surface area contributed by atoms with E-state index in [0.29, 0.717) is 26.2 Å². The van der Waals surface area contributed by atoms with Gasteiger partial charge in [-0.2, -0.15) is 17.0 Å². The maximum absolute atomic E-state index is 12.7. The number of hydrogen-bond donors (Lipinski definition) is 1. The zero-order valence-corrected chi connectivity index (χ0v) is 12.7. The second-order valence-electron chi connectivity index (χ2n) is 5.37. The van der Waals surface area contributed by atoms with Crippen molar-refractivity contribution in [3.63, 3.8) is 0 Å². The van der Waals surface area contributed by atoms with Crippen molar-refractivity contribution in [2.45, 2.75) is 38.3 Å². The summed E-state index contributed by atoms with van der Waals surface area (Å²) in [4.78, 5) is 0. The third-order valence-electron chi connectivity index (χ3n) is 3.84. The Morgan fingerprint density at radius 3 is 2.79 bits per heavy atom. The van der Waals surface area contributed by atoms with Crippen LogP contribution in [0.5, 0.6) is 0 Å². The minimum absolute atomic E-state index is 0.0175. The molecule has 2 unspecified atom stereocenters. The van der Waals surface area contributed by atoms with Crippen LogP contribution in [0.15, 0.2) is 0 Å². The maximum Gasteiger partial charge on any atom is 0.282 e. The first-order valence-electron chi connectivity index (χ1n) is 7.09. The Morgan fingerprint density at radius 1 is 1.32 bits per heavy atom. The highest BCUT2D eigenvalue weighted by molar-refractivity contribution is 7.86. The van der Waals surface area contributed by atoms with Crippen LogP contribution >= 0.6 is 0 Å². The highest BCUT2D eigenvalue weighted by Crippen LogP contribution is 2.23. The minimum atomic E-state index is -3.34. The molecule has 0 saturated carbocycles. The molecule has 19 heavy (non-hydrogen) atoms. The molecule has 2 atom stereocenters. The first-order valence-corrected chi connectivity index (χ1v) is 8.48. The molecule has 2 aliphatic heterocycles. The van der Waals surface area contributed by atoms with Gasteiger partial charge < -0.3 is 10.1 Å². The van der Waals surface area contributed by atoms with Crippen LogP contribution in [-0.2, 0) is 14.9 Å². The van der Waals surface area contributed by atoms with Crippen LogP contribution in [0.2, 0.25) is 0 Å². The van der Waals surface area contributed by atoms with Gasteiger partial charge in [0, 0.05) is 32.2 Å². The number of likely N-dealkylation sites (N-methyl/N-ethyl adjacent to an activating group) is 1. The van der Waals surface area contributed by atoms with E-state index >= 15 is 0 Å². The van der Waals surface area contributed by atoms with Crippen molar-refractivity contribution < 1.29 is 13.2 Å². The summed E-state index contributed by atoms with van der Waals surface area (Å²) in [6, 6.07) is 0.0851. The third-order valence-corrected chi connectivity index (χ3v) is 5.90. The summed E-state index contributed by atoms with van der Waals surface area (Å²) in [6.07, 6.45) is 2.99. The zero-order valence-electron chi connectivity index (χ0n) is 11.8. The van der Waals surface area contributed by atoms with E-state index < -0.39 is 10.2 Å². The first-order chi connectivity index (χ1) is 9.05. The van der Waals surface area contributed by atoms with Crippen LogP contribution in [0.3, 0.4) is 0 Å². The smallest absolute Gasteiger partial charge is 0.282 e. The Kier molecular flexibility index (Phi) is 5.19. The van der Waals surface area contributed by atoms with E-state index in [1.54, 1.807) is 8.61 Å². The Bertz CT molecular complexity index is 386. The quantitative estimate of drug-likeness (QED) is 0.793. The van der Waals surface area contributed by atoms with Crippen molar-refractivity contribution in [2.24, 2.45) is 0 Å². The zero-order chi connectivity index (χ0) is 13.9. The molecule has 2 fully saturated rings. The summed E-state index contributed by atoms with van der Waals surface area (Å²) in [7, 11) is -1.47. The minimum Gasteiger partial charge on any atom is -0.376 e. The Labute approximate surface area is 116 Å². The lowest BCUT2D eigenvalue weighted by Crippen LogP contribution is -2.56. The molecule has 2 aliphatic rings. The van der Waals surface area contributed by atoms with E-state index in [9.17, 15) is 8.42 Å². The number of ether oxygens (including phenoxy) is 1. The van der Waals surface area contributed by atoms with E-state index in [0.717, 1.165) is 25.8 Å². The van der Waals surface area contributed by atoms with Crippen LogP contribution in [-0.4, -0.2) is 69.0 Å². The van der Waals surface area contributed by atoms with Gasteiger partial charge in [0.2, 0.25) is 0 Å². The standard InChI is InChI=1S/C12H25N3O3S/c1-11-10-14(7-8-18-11)19(16,17)15-6-4-3-5-12(15)9-13-2/h11-13H,3-10H2,1-2H3. The molecule has 0 aromatic heterocycles. The van der Waals surface area contributed by atoms with E-state index in [2.05, 4.69) is 5.32 Å². The Hall–Kier alpha value is -0.210. The molecule has 2 rings (SSSR count). The SMILES string of the molecule is CNCC1CCCCN1S(=O)(=O)N1CCOC(C)C1. The van der Waals surface area contributed by atoms with Crippen molar-refractivity contribution >= 4 is 10.2 Å². The molecule has 6 nitrogen and oxygen atoms in total. The summed E-state index contributed by atoms with van der Waals surface area (Å²) in [6.45, 7) is 4.70. The number of rotatable bonds is 4. The summed E-state index contributed by atoms with van der Waals surface area (Å²) in [5, 5.41) is 3.10. The average Bonchev–Trinajstić information content (AvgIpc) is 2.39.